The maximum absolute atomic E-state index is 9.71. The fourth-order valence-electron chi connectivity index (χ4n) is 3.39. The molecule has 1 fully saturated rings. The van der Waals surface area contributed by atoms with Gasteiger partial charge in [-0.15, -0.1) is 0 Å². The predicted octanol–water partition coefficient (Wildman–Crippen LogP) is 3.76. The van der Waals surface area contributed by atoms with E-state index in [0.29, 0.717) is 10.8 Å². The lowest BCUT2D eigenvalue weighted by molar-refractivity contribution is 0.281. The van der Waals surface area contributed by atoms with Crippen molar-refractivity contribution >= 4 is 22.9 Å². The van der Waals surface area contributed by atoms with E-state index < -0.39 is 0 Å². The van der Waals surface area contributed by atoms with Crippen LogP contribution in [0.25, 0.3) is 16.9 Å². The van der Waals surface area contributed by atoms with Crippen molar-refractivity contribution in [3.05, 3.63) is 47.2 Å². The number of halogens is 1. The first kappa shape index (κ1) is 16.2. The van der Waals surface area contributed by atoms with E-state index in [2.05, 4.69) is 17.0 Å². The Hall–Kier alpha value is -2.24. The Labute approximate surface area is 151 Å². The van der Waals surface area contributed by atoms with E-state index in [1.165, 1.54) is 18.5 Å². The maximum atomic E-state index is 9.71. The van der Waals surface area contributed by atoms with Gasteiger partial charge in [0.05, 0.1) is 24.4 Å². The zero-order valence-corrected chi connectivity index (χ0v) is 14.8. The number of fused-ring (bicyclic) bond motifs is 1. The average Bonchev–Trinajstić information content (AvgIpc) is 3.30. The van der Waals surface area contributed by atoms with Crippen molar-refractivity contribution in [1.82, 2.24) is 9.38 Å². The van der Waals surface area contributed by atoms with Gasteiger partial charge in [-0.1, -0.05) is 11.6 Å². The monoisotopic (exact) mass is 357 g/mol. The molecule has 2 aromatic heterocycles. The zero-order chi connectivity index (χ0) is 17.4. The van der Waals surface area contributed by atoms with Crippen LogP contribution in [0.2, 0.25) is 5.02 Å². The van der Waals surface area contributed by atoms with Crippen LogP contribution >= 0.6 is 11.6 Å². The lowest BCUT2D eigenvalue weighted by Crippen LogP contribution is -2.17. The van der Waals surface area contributed by atoms with Crippen molar-refractivity contribution in [3.63, 3.8) is 0 Å². The Morgan fingerprint density at radius 1 is 1.24 bits per heavy atom. The number of aliphatic hydroxyl groups excluding tert-OH is 1. The van der Waals surface area contributed by atoms with Crippen LogP contribution in [0.15, 0.2) is 36.7 Å². The summed E-state index contributed by atoms with van der Waals surface area (Å²) in [6, 6.07) is 7.79. The average molecular weight is 358 g/mol. The number of methoxy groups -OCH3 is 1. The van der Waals surface area contributed by atoms with Crippen LogP contribution in [-0.4, -0.2) is 34.7 Å². The highest BCUT2D eigenvalue weighted by Gasteiger charge is 2.16. The van der Waals surface area contributed by atoms with Crippen LogP contribution in [0.5, 0.6) is 5.75 Å². The molecule has 0 saturated carbocycles. The molecule has 6 heteroatoms. The predicted molar refractivity (Wildman–Crippen MR) is 99.6 cm³/mol. The molecule has 3 heterocycles. The summed E-state index contributed by atoms with van der Waals surface area (Å²) < 4.78 is 7.23. The Kier molecular flexibility index (Phi) is 4.27. The van der Waals surface area contributed by atoms with Crippen molar-refractivity contribution in [3.8, 4) is 17.0 Å². The molecule has 5 nitrogen and oxygen atoms in total. The van der Waals surface area contributed by atoms with Crippen molar-refractivity contribution in [2.75, 3.05) is 25.1 Å². The maximum Gasteiger partial charge on any atom is 0.139 e. The van der Waals surface area contributed by atoms with Gasteiger partial charge in [0.1, 0.15) is 11.4 Å². The lowest BCUT2D eigenvalue weighted by atomic mass is 10.1. The topological polar surface area (TPSA) is 50.0 Å². The largest absolute Gasteiger partial charge is 0.495 e. The van der Waals surface area contributed by atoms with E-state index in [0.717, 1.165) is 35.6 Å². The molecule has 130 valence electrons. The van der Waals surface area contributed by atoms with Gasteiger partial charge in [-0.2, -0.15) is 0 Å². The second-order valence-electron chi connectivity index (χ2n) is 6.27. The molecule has 4 rings (SSSR count). The zero-order valence-electron chi connectivity index (χ0n) is 14.1. The van der Waals surface area contributed by atoms with Gasteiger partial charge in [0.15, 0.2) is 0 Å². The Bertz CT molecular complexity index is 916. The van der Waals surface area contributed by atoms with Crippen LogP contribution in [-0.2, 0) is 6.61 Å². The molecule has 0 amide bonds. The molecule has 0 unspecified atom stereocenters. The number of imidazole rings is 1. The Balaban J connectivity index is 1.78. The summed E-state index contributed by atoms with van der Waals surface area (Å²) in [6.45, 7) is 2.11. The molecule has 1 aromatic carbocycles. The highest BCUT2D eigenvalue weighted by Crippen LogP contribution is 2.34. The second-order valence-corrected chi connectivity index (χ2v) is 6.68. The normalized spacial score (nSPS) is 14.4. The van der Waals surface area contributed by atoms with E-state index in [9.17, 15) is 5.11 Å². The summed E-state index contributed by atoms with van der Waals surface area (Å²) in [6.07, 6.45) is 6.48. The number of hydrogen-bond acceptors (Lipinski definition) is 4. The van der Waals surface area contributed by atoms with Crippen molar-refractivity contribution in [2.24, 2.45) is 0 Å². The molecule has 0 atom stereocenters. The molecular weight excluding hydrogens is 338 g/mol. The minimum Gasteiger partial charge on any atom is -0.495 e. The van der Waals surface area contributed by atoms with E-state index in [1.807, 2.05) is 16.8 Å². The van der Waals surface area contributed by atoms with Gasteiger partial charge in [-0.3, -0.25) is 0 Å². The third-order valence-corrected chi connectivity index (χ3v) is 5.03. The first-order valence-corrected chi connectivity index (χ1v) is 8.79. The number of aliphatic hydroxyl groups is 1. The fourth-order valence-corrected chi connectivity index (χ4v) is 3.63. The van der Waals surface area contributed by atoms with E-state index in [4.69, 9.17) is 21.3 Å². The van der Waals surface area contributed by atoms with Crippen LogP contribution in [0.1, 0.15) is 18.4 Å². The number of rotatable bonds is 4. The third kappa shape index (κ3) is 2.94. The minimum atomic E-state index is -0.101. The Morgan fingerprint density at radius 2 is 2.04 bits per heavy atom. The fraction of sp³-hybridized carbons (Fsp3) is 0.316. The molecule has 0 spiro atoms. The van der Waals surface area contributed by atoms with Gasteiger partial charge < -0.3 is 19.1 Å². The number of hydrogen-bond donors (Lipinski definition) is 1. The molecule has 0 radical (unpaired) electrons. The highest BCUT2D eigenvalue weighted by atomic mass is 35.5. The van der Waals surface area contributed by atoms with Gasteiger partial charge in [-0.25, -0.2) is 4.98 Å². The van der Waals surface area contributed by atoms with Crippen LogP contribution in [0, 0.1) is 0 Å². The van der Waals surface area contributed by atoms with E-state index >= 15 is 0 Å². The van der Waals surface area contributed by atoms with Gasteiger partial charge in [-0.05, 0) is 36.6 Å². The van der Waals surface area contributed by atoms with Gasteiger partial charge >= 0.3 is 0 Å². The van der Waals surface area contributed by atoms with Crippen LogP contribution in [0.3, 0.4) is 0 Å². The molecule has 3 aromatic rings. The number of pyridine rings is 1. The van der Waals surface area contributed by atoms with Gasteiger partial charge in [0.25, 0.3) is 0 Å². The molecule has 1 N–H and O–H groups in total. The number of aromatic nitrogens is 2. The molecular formula is C19H20ClN3O2. The summed E-state index contributed by atoms with van der Waals surface area (Å²) in [5.41, 5.74) is 4.43. The summed E-state index contributed by atoms with van der Waals surface area (Å²) in [5, 5.41) is 10.2. The summed E-state index contributed by atoms with van der Waals surface area (Å²) in [5.74, 6) is 0.551. The number of benzene rings is 1. The lowest BCUT2D eigenvalue weighted by Gasteiger charge is -2.17. The highest BCUT2D eigenvalue weighted by molar-refractivity contribution is 6.32. The Morgan fingerprint density at radius 3 is 2.76 bits per heavy atom. The SMILES string of the molecule is COc1cc(CO)c(-c2cn3ccc(N4CCCC4)cc3n2)cc1Cl. The second kappa shape index (κ2) is 6.58. The first-order chi connectivity index (χ1) is 12.2. The summed E-state index contributed by atoms with van der Waals surface area (Å²) in [4.78, 5) is 7.13. The number of ether oxygens (including phenoxy) is 1. The number of anilines is 1. The van der Waals surface area contributed by atoms with Gasteiger partial charge in [0.2, 0.25) is 0 Å². The molecule has 1 saturated heterocycles. The van der Waals surface area contributed by atoms with Crippen LogP contribution < -0.4 is 9.64 Å². The smallest absolute Gasteiger partial charge is 0.139 e. The van der Waals surface area contributed by atoms with Crippen LogP contribution in [0.4, 0.5) is 5.69 Å². The van der Waals surface area contributed by atoms with Crippen molar-refractivity contribution < 1.29 is 9.84 Å². The molecule has 25 heavy (non-hydrogen) atoms. The summed E-state index contributed by atoms with van der Waals surface area (Å²) in [7, 11) is 1.56. The molecule has 0 bridgehead atoms. The van der Waals surface area contributed by atoms with Crippen molar-refractivity contribution in [2.45, 2.75) is 19.4 Å². The first-order valence-electron chi connectivity index (χ1n) is 8.41. The third-order valence-electron chi connectivity index (χ3n) is 4.74. The van der Waals surface area contributed by atoms with Crippen molar-refractivity contribution in [1.29, 1.82) is 0 Å². The van der Waals surface area contributed by atoms with E-state index in [-0.39, 0.29) is 6.61 Å². The number of nitrogens with zero attached hydrogens (tertiary/aromatic N) is 3. The minimum absolute atomic E-state index is 0.101. The van der Waals surface area contributed by atoms with E-state index in [1.54, 1.807) is 19.2 Å². The molecule has 1 aliphatic rings. The standard InChI is InChI=1S/C19H20ClN3O2/c1-25-18-8-13(12-24)15(10-16(18)20)17-11-23-7-4-14(9-19(23)21-17)22-5-2-3-6-22/h4,7-11,24H,2-3,5-6,12H2,1H3. The molecule has 0 aliphatic carbocycles. The summed E-state index contributed by atoms with van der Waals surface area (Å²) >= 11 is 6.27. The quantitative estimate of drug-likeness (QED) is 0.772. The van der Waals surface area contributed by atoms with Gasteiger partial charge in [0, 0.05) is 42.8 Å². The molecule has 1 aliphatic heterocycles.